The van der Waals surface area contributed by atoms with Crippen molar-refractivity contribution >= 4 is 40.0 Å². The van der Waals surface area contributed by atoms with Crippen LogP contribution in [0.3, 0.4) is 0 Å². The van der Waals surface area contributed by atoms with Gasteiger partial charge in [-0.1, -0.05) is 23.4 Å². The van der Waals surface area contributed by atoms with Gasteiger partial charge in [0.2, 0.25) is 0 Å². The minimum absolute atomic E-state index is 0.235. The first kappa shape index (κ1) is 26.2. The lowest BCUT2D eigenvalue weighted by atomic mass is 10.0. The topological polar surface area (TPSA) is 17.1 Å². The zero-order valence-corrected chi connectivity index (χ0v) is 22.1. The summed E-state index contributed by atoms with van der Waals surface area (Å²) in [4.78, 5) is 17.3. The van der Waals surface area contributed by atoms with Gasteiger partial charge in [-0.25, -0.2) is 13.2 Å². The molecule has 0 aliphatic rings. The first-order valence-electron chi connectivity index (χ1n) is 11.5. The lowest BCUT2D eigenvalue weighted by molar-refractivity contribution is 0.103. The predicted octanol–water partition coefficient (Wildman–Crippen LogP) is 9.23. The molecule has 0 heterocycles. The van der Waals surface area contributed by atoms with Crippen molar-refractivity contribution in [1.29, 1.82) is 0 Å². The highest BCUT2D eigenvalue weighted by Gasteiger charge is 2.29. The van der Waals surface area contributed by atoms with Crippen molar-refractivity contribution in [3.05, 3.63) is 149 Å². The van der Waals surface area contributed by atoms with Crippen LogP contribution in [0.2, 0.25) is 5.02 Å². The van der Waals surface area contributed by atoms with Crippen molar-refractivity contribution in [2.45, 2.75) is 24.5 Å². The normalized spacial score (nSPS) is 11.1. The third-order valence-electron chi connectivity index (χ3n) is 5.69. The zero-order chi connectivity index (χ0) is 26.6. The summed E-state index contributed by atoms with van der Waals surface area (Å²) in [6.07, 6.45) is 0. The van der Waals surface area contributed by atoms with Crippen LogP contribution in [0.1, 0.15) is 15.9 Å². The van der Waals surface area contributed by atoms with E-state index in [0.29, 0.717) is 16.1 Å². The van der Waals surface area contributed by atoms with Crippen LogP contribution in [0.15, 0.2) is 140 Å². The molecule has 0 amide bonds. The molecule has 0 saturated carbocycles. The Labute approximate surface area is 230 Å². The third kappa shape index (κ3) is 5.99. The van der Waals surface area contributed by atoms with E-state index in [1.165, 1.54) is 60.3 Å². The van der Waals surface area contributed by atoms with Crippen molar-refractivity contribution in [3.8, 4) is 0 Å². The molecule has 188 valence electrons. The van der Waals surface area contributed by atoms with Crippen molar-refractivity contribution in [2.75, 3.05) is 0 Å². The highest BCUT2D eigenvalue weighted by molar-refractivity contribution is 7.99. The van der Waals surface area contributed by atoms with Crippen LogP contribution < -0.4 is 0 Å². The first-order valence-corrected chi connectivity index (χ1v) is 13.9. The Bertz CT molecular complexity index is 1530. The minimum Gasteiger partial charge on any atom is -0.289 e. The fourth-order valence-corrected chi connectivity index (χ4v) is 6.97. The van der Waals surface area contributed by atoms with Crippen LogP contribution in [-0.2, 0) is 10.9 Å². The Morgan fingerprint density at radius 2 is 1.00 bits per heavy atom. The average molecular weight is 564 g/mol. The van der Waals surface area contributed by atoms with Crippen molar-refractivity contribution in [2.24, 2.45) is 0 Å². The number of carbonyl (C=O) groups excluding carboxylic acids is 1. The second-order valence-electron chi connectivity index (χ2n) is 8.27. The van der Waals surface area contributed by atoms with Gasteiger partial charge in [-0.2, -0.15) is 0 Å². The molecule has 0 radical (unpaired) electrons. The molecule has 0 fully saturated rings. The lowest BCUT2D eigenvalue weighted by Crippen LogP contribution is -2.05. The van der Waals surface area contributed by atoms with E-state index in [1.807, 2.05) is 24.3 Å². The third-order valence-corrected chi connectivity index (χ3v) is 9.43. The summed E-state index contributed by atoms with van der Waals surface area (Å²) in [5, 5.41) is 0.435. The Morgan fingerprint density at radius 1 is 0.579 bits per heavy atom. The summed E-state index contributed by atoms with van der Waals surface area (Å²) < 4.78 is 40.3. The maximum Gasteiger partial charge on any atom is 0.193 e. The van der Waals surface area contributed by atoms with Crippen LogP contribution in [0.4, 0.5) is 13.2 Å². The van der Waals surface area contributed by atoms with Crippen molar-refractivity contribution < 1.29 is 18.0 Å². The molecule has 0 aliphatic carbocycles. The molecule has 38 heavy (non-hydrogen) atoms. The van der Waals surface area contributed by atoms with E-state index in [1.54, 1.807) is 42.5 Å². The molecule has 0 N–H and O–H groups in total. The van der Waals surface area contributed by atoms with Crippen molar-refractivity contribution in [3.63, 3.8) is 0 Å². The van der Waals surface area contributed by atoms with E-state index in [2.05, 4.69) is 0 Å². The largest absolute Gasteiger partial charge is 0.289 e. The second-order valence-corrected chi connectivity index (χ2v) is 11.8. The van der Waals surface area contributed by atoms with Gasteiger partial charge >= 0.3 is 0 Å². The number of ketones is 1. The summed E-state index contributed by atoms with van der Waals surface area (Å²) in [6, 6.07) is 31.1. The fourth-order valence-electron chi connectivity index (χ4n) is 3.81. The Morgan fingerprint density at radius 3 is 1.47 bits per heavy atom. The summed E-state index contributed by atoms with van der Waals surface area (Å²) in [6.45, 7) is 0. The Balaban J connectivity index is 1.38. The van der Waals surface area contributed by atoms with E-state index >= 15 is 0 Å². The molecule has 5 aromatic rings. The molecule has 1 nitrogen and oxygen atoms in total. The Hall–Kier alpha value is -3.45. The van der Waals surface area contributed by atoms with Crippen LogP contribution in [-0.4, -0.2) is 5.78 Å². The van der Waals surface area contributed by atoms with Crippen LogP contribution in [0, 0.1) is 17.5 Å². The van der Waals surface area contributed by atoms with Crippen LogP contribution in [0.25, 0.3) is 0 Å². The number of benzene rings is 5. The zero-order valence-electron chi connectivity index (χ0n) is 19.7. The smallest absolute Gasteiger partial charge is 0.193 e. The molecular weight excluding hydrogens is 545 g/mol. The molecule has 0 bridgehead atoms. The lowest BCUT2D eigenvalue weighted by Gasteiger charge is -2.10. The molecule has 5 rings (SSSR count). The Kier molecular flexibility index (Phi) is 7.93. The monoisotopic (exact) mass is 563 g/mol. The summed E-state index contributed by atoms with van der Waals surface area (Å²) in [5.41, 5.74) is 0.806. The van der Waals surface area contributed by atoms with E-state index in [4.69, 9.17) is 11.6 Å². The van der Waals surface area contributed by atoms with Gasteiger partial charge in [0, 0.05) is 20.9 Å². The van der Waals surface area contributed by atoms with Crippen LogP contribution >= 0.6 is 23.4 Å². The molecule has 0 spiro atoms. The van der Waals surface area contributed by atoms with Gasteiger partial charge in [-0.05, 0) is 115 Å². The maximum absolute atomic E-state index is 13.6. The average Bonchev–Trinajstić information content (AvgIpc) is 2.93. The van der Waals surface area contributed by atoms with Gasteiger partial charge in [0.25, 0.3) is 0 Å². The predicted molar refractivity (Wildman–Crippen MR) is 147 cm³/mol. The summed E-state index contributed by atoms with van der Waals surface area (Å²) in [7, 11) is -0.548. The number of carbonyl (C=O) groups is 1. The molecule has 0 saturated heterocycles. The van der Waals surface area contributed by atoms with Gasteiger partial charge in [-0.15, -0.1) is 0 Å². The van der Waals surface area contributed by atoms with Crippen molar-refractivity contribution in [1.82, 2.24) is 0 Å². The number of halogens is 4. The van der Waals surface area contributed by atoms with Gasteiger partial charge in [0.1, 0.15) is 17.5 Å². The molecule has 5 aromatic carbocycles. The summed E-state index contributed by atoms with van der Waals surface area (Å²) >= 11 is 7.97. The number of hydrogen-bond donors (Lipinski definition) is 0. The standard InChI is InChI=1S/C31H19ClF3OS2/c32-29-19-21(31(36)20-1-4-22(33)5-2-20)3-18-30(29)37-25-10-16-28(17-11-25)38(26-12-6-23(34)7-13-26)27-14-8-24(35)9-15-27/h1-19H/q+1. The van der Waals surface area contributed by atoms with E-state index in [9.17, 15) is 18.0 Å². The molecule has 0 unspecified atom stereocenters. The maximum atomic E-state index is 13.6. The first-order chi connectivity index (χ1) is 18.4. The highest BCUT2D eigenvalue weighted by atomic mass is 35.5. The molecule has 7 heteroatoms. The second kappa shape index (κ2) is 11.5. The molecule has 0 atom stereocenters. The molecule has 0 aliphatic heterocycles. The van der Waals surface area contributed by atoms with Crippen LogP contribution in [0.5, 0.6) is 0 Å². The highest BCUT2D eigenvalue weighted by Crippen LogP contribution is 2.37. The van der Waals surface area contributed by atoms with Gasteiger partial charge in [0.15, 0.2) is 20.5 Å². The van der Waals surface area contributed by atoms with E-state index in [-0.39, 0.29) is 17.4 Å². The molecular formula is C31H19ClF3OS2+. The fraction of sp³-hybridized carbons (Fsp3) is 0. The number of rotatable bonds is 7. The van der Waals surface area contributed by atoms with E-state index in [0.717, 1.165) is 24.5 Å². The quantitative estimate of drug-likeness (QED) is 0.145. The minimum atomic E-state index is -0.548. The number of hydrogen-bond acceptors (Lipinski definition) is 2. The van der Waals surface area contributed by atoms with E-state index < -0.39 is 16.7 Å². The van der Waals surface area contributed by atoms with Gasteiger partial charge in [0.05, 0.1) is 15.9 Å². The molecule has 0 aromatic heterocycles. The van der Waals surface area contributed by atoms with Gasteiger partial charge < -0.3 is 0 Å². The SMILES string of the molecule is O=C(c1ccc(F)cc1)c1ccc(Sc2ccc([S+](c3ccc(F)cc3)c3ccc(F)cc3)cc2)c(Cl)c1. The van der Waals surface area contributed by atoms with Gasteiger partial charge in [-0.3, -0.25) is 4.79 Å². The summed E-state index contributed by atoms with van der Waals surface area (Å²) in [5.74, 6) is -1.27.